The predicted molar refractivity (Wildman–Crippen MR) is 431 cm³/mol. The van der Waals surface area contributed by atoms with E-state index >= 15 is 0 Å². The van der Waals surface area contributed by atoms with Crippen LogP contribution >= 0.6 is 45.6 Å². The summed E-state index contributed by atoms with van der Waals surface area (Å²) < 4.78 is 20.8. The van der Waals surface area contributed by atoms with Crippen LogP contribution in [-0.4, -0.2) is 106 Å². The van der Waals surface area contributed by atoms with Crippen LogP contribution in [0.25, 0.3) is 54.7 Å². The molecule has 0 fully saturated rings. The lowest BCUT2D eigenvalue weighted by Crippen LogP contribution is -2.29. The molecule has 0 saturated carbocycles. The summed E-state index contributed by atoms with van der Waals surface area (Å²) in [5.74, 6) is 8.24. The van der Waals surface area contributed by atoms with Gasteiger partial charge in [0.15, 0.2) is 5.82 Å². The first-order valence-corrected chi connectivity index (χ1v) is 36.2. The number of aromatic nitrogens is 13. The SMILES string of the molecule is C.COc1ccc(CC(=O)n2ccc(/C=C/c3cccs3)n2)cc1.Cc1cccc(/C=C/C2CC=NN2c2nnc(C)n2N)c1.Cn1cccc1C(=O)n1ccc(/C=C/c2ccco2)n1.Cn1cccc1C(=O)n1ccc(/C=C/c2cccs2)n1.O=C(Cc1ccc(Cl)cc1)n1ccc(/C=C/c2cccs2)n1. The minimum Gasteiger partial charge on any atom is -0.497 e. The van der Waals surface area contributed by atoms with Crippen molar-refractivity contribution in [2.45, 2.75) is 46.6 Å². The van der Waals surface area contributed by atoms with Gasteiger partial charge in [0.05, 0.1) is 55.0 Å². The van der Waals surface area contributed by atoms with E-state index in [-0.39, 0.29) is 37.1 Å². The first-order chi connectivity index (χ1) is 51.6. The van der Waals surface area contributed by atoms with Crippen LogP contribution in [0.15, 0.2) is 245 Å². The number of aryl methyl sites for hydroxylation is 4. The number of nitrogen functional groups attached to an aromatic ring is 1. The third-order valence-electron chi connectivity index (χ3n) is 15.8. The van der Waals surface area contributed by atoms with Gasteiger partial charge in [-0.05, 0) is 198 Å². The number of anilines is 1. The standard InChI is InChI=1S/C18H16N2O2S.C17H13ClN2OS.C15H18N6.C15H13N3O2.C15H13N3OS.CH4/c1-22-16-7-4-14(5-8-16)13-18(21)20-11-10-15(19-20)6-9-17-3-2-12-23-17;18-14-5-3-13(4-6-14)12-17(21)20-10-9-15(19-20)7-8-16-2-1-11-22-16;1-11-4-3-5-13(10-11)6-7-14-8-9-17-21(14)15-19-18-12(2)20(15)16;2*1-17-9-2-5-14(17)15(19)18-10-8-12(16-18)6-7-13-4-3-11-20-13;/h2-12H,13H2,1H3;1-11H,12H2;3-7,9-10,14H,8,16H2,1-2H3;2*2-11H,1H3;1H4/b9-6+;8-7+;3*7-6+;. The second-order valence-electron chi connectivity index (χ2n) is 23.5. The van der Waals surface area contributed by atoms with Crippen molar-refractivity contribution in [1.82, 2.24) is 63.1 Å². The molecule has 2 N–H and O–H groups in total. The molecular formula is C81H77ClN16O6S3. The summed E-state index contributed by atoms with van der Waals surface area (Å²) >= 11 is 10.8. The Kier molecular flexibility index (Phi) is 27.5. The van der Waals surface area contributed by atoms with E-state index in [1.54, 1.807) is 129 Å². The Labute approximate surface area is 636 Å². The van der Waals surface area contributed by atoms with Gasteiger partial charge in [-0.25, -0.2) is 28.4 Å². The number of nitrogens with two attached hydrogens (primary N) is 1. The minimum absolute atomic E-state index is 0. The van der Waals surface area contributed by atoms with Crippen molar-refractivity contribution in [2.75, 3.05) is 18.0 Å². The van der Waals surface area contributed by atoms with Gasteiger partial charge in [0.1, 0.15) is 22.9 Å². The van der Waals surface area contributed by atoms with Crippen LogP contribution < -0.4 is 15.6 Å². The molecular weight excluding hydrogens is 1420 g/mol. The summed E-state index contributed by atoms with van der Waals surface area (Å²) in [7, 11) is 5.29. The van der Waals surface area contributed by atoms with E-state index in [2.05, 4.69) is 79.0 Å². The number of carbonyl (C=O) groups excluding carboxylic acids is 4. The van der Waals surface area contributed by atoms with Crippen LogP contribution in [0.5, 0.6) is 5.75 Å². The van der Waals surface area contributed by atoms with E-state index in [1.807, 2.05) is 207 Å². The average Bonchev–Trinajstić information content (AvgIpc) is 1.68. The fraction of sp³-hybridized carbons (Fsp3) is 0.123. The highest BCUT2D eigenvalue weighted by atomic mass is 35.5. The summed E-state index contributed by atoms with van der Waals surface area (Å²) in [6.45, 7) is 3.90. The molecule has 14 aromatic rings. The molecule has 1 unspecified atom stereocenters. The maximum atomic E-state index is 12.3. The minimum atomic E-state index is -0.157. The summed E-state index contributed by atoms with van der Waals surface area (Å²) in [6, 6.07) is 53.4. The van der Waals surface area contributed by atoms with E-state index in [0.29, 0.717) is 46.7 Å². The molecule has 12 heterocycles. The number of hydrogen-bond acceptors (Lipinski definition) is 18. The second-order valence-corrected chi connectivity index (χ2v) is 26.9. The normalized spacial score (nSPS) is 12.4. The zero-order valence-electron chi connectivity index (χ0n) is 58.3. The predicted octanol–water partition coefficient (Wildman–Crippen LogP) is 17.0. The Morgan fingerprint density at radius 1 is 0.542 bits per heavy atom. The Balaban J connectivity index is 0.000000143. The molecule has 0 radical (unpaired) electrons. The van der Waals surface area contributed by atoms with Crippen molar-refractivity contribution in [1.29, 1.82) is 0 Å². The molecule has 1 aliphatic rings. The van der Waals surface area contributed by atoms with E-state index in [4.69, 9.17) is 26.6 Å². The first kappa shape index (κ1) is 76.9. The number of rotatable bonds is 18. The summed E-state index contributed by atoms with van der Waals surface area (Å²) in [5.41, 5.74) is 8.46. The highest BCUT2D eigenvalue weighted by molar-refractivity contribution is 7.11. The fourth-order valence-electron chi connectivity index (χ4n) is 10.2. The number of methoxy groups -OCH3 is 1. The largest absolute Gasteiger partial charge is 0.497 e. The molecule has 3 aromatic carbocycles. The van der Waals surface area contributed by atoms with Gasteiger partial charge in [0, 0.05) is 83.6 Å². The molecule has 1 aliphatic heterocycles. The monoisotopic (exact) mass is 1500 g/mol. The van der Waals surface area contributed by atoms with Gasteiger partial charge in [-0.15, -0.1) is 44.2 Å². The molecule has 26 heteroatoms. The number of hydrogen-bond donors (Lipinski definition) is 1. The number of benzene rings is 3. The van der Waals surface area contributed by atoms with Crippen LogP contribution in [0.2, 0.25) is 5.02 Å². The Hall–Kier alpha value is -12.7. The van der Waals surface area contributed by atoms with E-state index in [0.717, 1.165) is 60.8 Å². The molecule has 0 saturated heterocycles. The molecule has 0 bridgehead atoms. The molecule has 0 spiro atoms. The Bertz CT molecular complexity index is 5200. The number of furan rings is 1. The maximum Gasteiger partial charge on any atom is 0.294 e. The van der Waals surface area contributed by atoms with Crippen LogP contribution in [0.3, 0.4) is 0 Å². The van der Waals surface area contributed by atoms with E-state index in [1.165, 1.54) is 34.5 Å². The number of thiophene rings is 3. The lowest BCUT2D eigenvalue weighted by molar-refractivity contribution is 0.0890. The molecule has 22 nitrogen and oxygen atoms in total. The Morgan fingerprint density at radius 3 is 1.46 bits per heavy atom. The van der Waals surface area contributed by atoms with Crippen LogP contribution in [0, 0.1) is 13.8 Å². The number of ether oxygens (including phenoxy) is 1. The van der Waals surface area contributed by atoms with Gasteiger partial charge in [-0.3, -0.25) is 19.2 Å². The lowest BCUT2D eigenvalue weighted by atomic mass is 10.1. The summed E-state index contributed by atoms with van der Waals surface area (Å²) in [4.78, 5) is 52.4. The highest BCUT2D eigenvalue weighted by Crippen LogP contribution is 2.23. The summed E-state index contributed by atoms with van der Waals surface area (Å²) in [5, 5.41) is 38.0. The van der Waals surface area contributed by atoms with E-state index in [9.17, 15) is 19.2 Å². The number of carbonyl (C=O) groups is 4. The van der Waals surface area contributed by atoms with Gasteiger partial charge in [-0.1, -0.05) is 103 Å². The molecule has 15 rings (SSSR count). The lowest BCUT2D eigenvalue weighted by Gasteiger charge is -2.19. The maximum absolute atomic E-state index is 12.3. The molecule has 11 aromatic heterocycles. The first-order valence-electron chi connectivity index (χ1n) is 33.2. The molecule has 0 aliphatic carbocycles. The third kappa shape index (κ3) is 22.2. The zero-order chi connectivity index (χ0) is 74.2. The Morgan fingerprint density at radius 2 is 1.03 bits per heavy atom. The highest BCUT2D eigenvalue weighted by Gasteiger charge is 2.25. The molecule has 0 amide bonds. The molecule has 1 atom stereocenters. The van der Waals surface area contributed by atoms with Crippen molar-refractivity contribution in [3.05, 3.63) is 323 Å². The van der Waals surface area contributed by atoms with Gasteiger partial charge in [0.25, 0.3) is 29.6 Å². The van der Waals surface area contributed by atoms with E-state index < -0.39 is 0 Å². The number of nitrogens with zero attached hydrogens (tertiary/aromatic N) is 15. The van der Waals surface area contributed by atoms with Crippen LogP contribution in [0.4, 0.5) is 5.95 Å². The van der Waals surface area contributed by atoms with Crippen molar-refractivity contribution in [3.63, 3.8) is 0 Å². The van der Waals surface area contributed by atoms with Gasteiger partial charge >= 0.3 is 0 Å². The van der Waals surface area contributed by atoms with Crippen molar-refractivity contribution < 1.29 is 28.3 Å². The smallest absolute Gasteiger partial charge is 0.294 e. The van der Waals surface area contributed by atoms with Gasteiger partial charge < -0.3 is 24.1 Å². The second kappa shape index (κ2) is 38.2. The number of hydrazone groups is 1. The fourth-order valence-corrected chi connectivity index (χ4v) is 12.2. The van der Waals surface area contributed by atoms with Crippen LogP contribution in [0.1, 0.15) is 116 Å². The van der Waals surface area contributed by atoms with Crippen molar-refractivity contribution >= 4 is 136 Å². The zero-order valence-corrected chi connectivity index (χ0v) is 61.5. The van der Waals surface area contributed by atoms with Crippen LogP contribution in [-0.2, 0) is 26.9 Å². The average molecular weight is 1500 g/mol. The quantitative estimate of drug-likeness (QED) is 0.0786. The summed E-state index contributed by atoms with van der Waals surface area (Å²) in [6.07, 6.45) is 34.8. The van der Waals surface area contributed by atoms with Gasteiger partial charge in [0.2, 0.25) is 0 Å². The molecule has 107 heavy (non-hydrogen) atoms. The van der Waals surface area contributed by atoms with Crippen molar-refractivity contribution in [3.8, 4) is 5.75 Å². The topological polar surface area (TPSA) is 244 Å². The molecule has 542 valence electrons. The third-order valence-corrected chi connectivity index (χ3v) is 18.6. The van der Waals surface area contributed by atoms with Crippen molar-refractivity contribution in [2.24, 2.45) is 19.2 Å². The number of halogens is 1. The van der Waals surface area contributed by atoms with Gasteiger partial charge in [-0.2, -0.15) is 25.5 Å².